The number of hydrogen-bond acceptors (Lipinski definition) is 5. The summed E-state index contributed by atoms with van der Waals surface area (Å²) in [5.74, 6) is -1.42. The van der Waals surface area contributed by atoms with Gasteiger partial charge in [-0.25, -0.2) is 27.3 Å². The molecule has 27 heavy (non-hydrogen) atoms. The van der Waals surface area contributed by atoms with Crippen LogP contribution in [-0.2, 0) is 16.4 Å². The zero-order chi connectivity index (χ0) is 19.2. The third-order valence-corrected chi connectivity index (χ3v) is 5.33. The largest absolute Gasteiger partial charge is 0.321 e. The molecule has 0 atom stereocenters. The lowest BCUT2D eigenvalue weighted by molar-refractivity contribution is 0.510. The van der Waals surface area contributed by atoms with Gasteiger partial charge in [-0.15, -0.1) is 0 Å². The van der Waals surface area contributed by atoms with Gasteiger partial charge >= 0.3 is 0 Å². The van der Waals surface area contributed by atoms with E-state index in [9.17, 15) is 17.2 Å². The van der Waals surface area contributed by atoms with Crippen molar-refractivity contribution in [2.24, 2.45) is 5.14 Å². The number of halogens is 2. The molecule has 0 aliphatic heterocycles. The molecule has 0 saturated heterocycles. The molecule has 142 valence electrons. The van der Waals surface area contributed by atoms with E-state index in [0.717, 1.165) is 18.9 Å². The average Bonchev–Trinajstić information content (AvgIpc) is 3.37. The maximum absolute atomic E-state index is 13.7. The van der Waals surface area contributed by atoms with Crippen LogP contribution in [-0.4, -0.2) is 33.9 Å². The predicted molar refractivity (Wildman–Crippen MR) is 95.2 cm³/mol. The number of primary sulfonamides is 1. The third kappa shape index (κ3) is 3.81. The highest BCUT2D eigenvalue weighted by Gasteiger charge is 2.29. The molecule has 0 radical (unpaired) electrons. The fourth-order valence-electron chi connectivity index (χ4n) is 3.11. The smallest absolute Gasteiger partial charge is 0.209 e. The van der Waals surface area contributed by atoms with Gasteiger partial charge in [0.25, 0.3) is 0 Å². The molecule has 2 aromatic heterocycles. The summed E-state index contributed by atoms with van der Waals surface area (Å²) in [7, 11) is -3.53. The van der Waals surface area contributed by atoms with E-state index in [0.29, 0.717) is 41.0 Å². The molecule has 2 N–H and O–H groups in total. The van der Waals surface area contributed by atoms with Gasteiger partial charge in [0.15, 0.2) is 11.6 Å². The first-order valence-corrected chi connectivity index (χ1v) is 10.2. The van der Waals surface area contributed by atoms with Crippen molar-refractivity contribution in [1.82, 2.24) is 19.7 Å². The molecule has 4 rings (SSSR count). The van der Waals surface area contributed by atoms with E-state index in [1.807, 2.05) is 4.57 Å². The fraction of sp³-hybridized carbons (Fsp3) is 0.353. The van der Waals surface area contributed by atoms with Crippen molar-refractivity contribution >= 4 is 21.1 Å². The van der Waals surface area contributed by atoms with Crippen molar-refractivity contribution in [3.63, 3.8) is 0 Å². The van der Waals surface area contributed by atoms with E-state index < -0.39 is 21.7 Å². The van der Waals surface area contributed by atoms with Crippen LogP contribution in [0.1, 0.15) is 31.0 Å². The van der Waals surface area contributed by atoms with Crippen LogP contribution in [0.2, 0.25) is 0 Å². The zero-order valence-electron chi connectivity index (χ0n) is 14.3. The van der Waals surface area contributed by atoms with Crippen LogP contribution in [0.3, 0.4) is 0 Å². The number of nitrogens with two attached hydrogens (primary N) is 1. The number of aryl methyl sites for hydroxylation is 1. The second kappa shape index (κ2) is 6.61. The normalized spacial score (nSPS) is 14.8. The van der Waals surface area contributed by atoms with E-state index in [2.05, 4.69) is 15.2 Å². The van der Waals surface area contributed by atoms with Crippen LogP contribution < -0.4 is 5.14 Å². The van der Waals surface area contributed by atoms with Crippen molar-refractivity contribution in [2.75, 3.05) is 5.75 Å². The Bertz CT molecular complexity index is 1130. The first-order valence-electron chi connectivity index (χ1n) is 8.51. The highest BCUT2D eigenvalue weighted by Crippen LogP contribution is 2.41. The van der Waals surface area contributed by atoms with Crippen molar-refractivity contribution < 1.29 is 17.2 Å². The number of sulfonamides is 1. The van der Waals surface area contributed by atoms with Gasteiger partial charge in [0, 0.05) is 23.7 Å². The molecule has 1 aliphatic carbocycles. The molecule has 0 spiro atoms. The van der Waals surface area contributed by atoms with Gasteiger partial charge in [-0.2, -0.15) is 10.2 Å². The van der Waals surface area contributed by atoms with Crippen LogP contribution in [0.15, 0.2) is 24.4 Å². The lowest BCUT2D eigenvalue weighted by Crippen LogP contribution is -2.17. The SMILES string of the molecule is NS(=O)(=O)CCCc1cc(-c2nc3cc(F)c(F)cc3n2C2CC2)cnn1. The summed E-state index contributed by atoms with van der Waals surface area (Å²) in [6.07, 6.45) is 4.14. The Kier molecular flexibility index (Phi) is 4.39. The lowest BCUT2D eigenvalue weighted by Gasteiger charge is -2.08. The summed E-state index contributed by atoms with van der Waals surface area (Å²) in [5.41, 5.74) is 2.19. The number of nitrogens with zero attached hydrogens (tertiary/aromatic N) is 4. The second-order valence-corrected chi connectivity index (χ2v) is 8.43. The fourth-order valence-corrected chi connectivity index (χ4v) is 3.65. The summed E-state index contributed by atoms with van der Waals surface area (Å²) in [6.45, 7) is 0. The van der Waals surface area contributed by atoms with Crippen LogP contribution in [0, 0.1) is 11.6 Å². The van der Waals surface area contributed by atoms with E-state index in [-0.39, 0.29) is 11.8 Å². The maximum Gasteiger partial charge on any atom is 0.209 e. The van der Waals surface area contributed by atoms with Crippen molar-refractivity contribution in [3.8, 4) is 11.4 Å². The summed E-state index contributed by atoms with van der Waals surface area (Å²) in [4.78, 5) is 4.48. The van der Waals surface area contributed by atoms with Crippen molar-refractivity contribution in [2.45, 2.75) is 31.7 Å². The first-order chi connectivity index (χ1) is 12.8. The molecule has 7 nitrogen and oxygen atoms in total. The Morgan fingerprint density at radius 2 is 1.93 bits per heavy atom. The highest BCUT2D eigenvalue weighted by molar-refractivity contribution is 7.89. The summed E-state index contributed by atoms with van der Waals surface area (Å²) >= 11 is 0. The minimum absolute atomic E-state index is 0.141. The quantitative estimate of drug-likeness (QED) is 0.692. The molecule has 1 fully saturated rings. The molecule has 0 unspecified atom stereocenters. The van der Waals surface area contributed by atoms with Crippen molar-refractivity contribution in [1.29, 1.82) is 0 Å². The molecule has 3 aromatic rings. The van der Waals surface area contributed by atoms with Gasteiger partial charge in [-0.05, 0) is 31.7 Å². The Balaban J connectivity index is 1.72. The van der Waals surface area contributed by atoms with Gasteiger partial charge in [0.05, 0.1) is 28.7 Å². The molecule has 10 heteroatoms. The monoisotopic (exact) mass is 393 g/mol. The Hall–Kier alpha value is -2.46. The van der Waals surface area contributed by atoms with Crippen LogP contribution in [0.25, 0.3) is 22.4 Å². The molecule has 2 heterocycles. The highest BCUT2D eigenvalue weighted by atomic mass is 32.2. The molecular formula is C17H17F2N5O2S. The van der Waals surface area contributed by atoms with Gasteiger partial charge in [-0.1, -0.05) is 0 Å². The molecule has 1 aliphatic rings. The Morgan fingerprint density at radius 3 is 2.63 bits per heavy atom. The molecule has 0 amide bonds. The number of benzene rings is 1. The second-order valence-electron chi connectivity index (χ2n) is 6.70. The molecular weight excluding hydrogens is 376 g/mol. The minimum Gasteiger partial charge on any atom is -0.321 e. The van der Waals surface area contributed by atoms with E-state index >= 15 is 0 Å². The van der Waals surface area contributed by atoms with Gasteiger partial charge in [0.2, 0.25) is 10.0 Å². The van der Waals surface area contributed by atoms with Crippen molar-refractivity contribution in [3.05, 3.63) is 41.7 Å². The van der Waals surface area contributed by atoms with Gasteiger partial charge in [-0.3, -0.25) is 0 Å². The number of aromatic nitrogens is 4. The van der Waals surface area contributed by atoms with E-state index in [1.54, 1.807) is 6.07 Å². The predicted octanol–water partition coefficient (Wildman–Crippen LogP) is 2.33. The molecule has 1 saturated carbocycles. The average molecular weight is 393 g/mol. The van der Waals surface area contributed by atoms with Gasteiger partial charge < -0.3 is 4.57 Å². The maximum atomic E-state index is 13.7. The first kappa shape index (κ1) is 17.9. The minimum atomic E-state index is -3.53. The number of fused-ring (bicyclic) bond motifs is 1. The summed E-state index contributed by atoms with van der Waals surface area (Å²) < 4.78 is 51.4. The molecule has 0 bridgehead atoms. The van der Waals surface area contributed by atoms with Gasteiger partial charge in [0.1, 0.15) is 5.82 Å². The standard InChI is InChI=1S/C17H17F2N5O2S/c18-13-7-15-16(8-14(13)19)24(12-3-4-12)17(22-15)10-6-11(23-21-9-10)2-1-5-27(20,25)26/h6-9,12H,1-5H2,(H2,20,25,26). The zero-order valence-corrected chi connectivity index (χ0v) is 15.1. The van der Waals surface area contributed by atoms with Crippen LogP contribution >= 0.6 is 0 Å². The summed E-state index contributed by atoms with van der Waals surface area (Å²) in [5, 5.41) is 13.0. The topological polar surface area (TPSA) is 104 Å². The number of imidazole rings is 1. The van der Waals surface area contributed by atoms with E-state index in [4.69, 9.17) is 5.14 Å². The Labute approximate surface area is 154 Å². The lowest BCUT2D eigenvalue weighted by atomic mass is 10.2. The number of hydrogen-bond donors (Lipinski definition) is 1. The third-order valence-electron chi connectivity index (χ3n) is 4.47. The van der Waals surface area contributed by atoms with Crippen LogP contribution in [0.4, 0.5) is 8.78 Å². The number of rotatable bonds is 6. The van der Waals surface area contributed by atoms with E-state index in [1.165, 1.54) is 12.3 Å². The Morgan fingerprint density at radius 1 is 1.19 bits per heavy atom. The summed E-state index contributed by atoms with van der Waals surface area (Å²) in [6, 6.07) is 4.22. The molecule has 1 aromatic carbocycles. The van der Waals surface area contributed by atoms with Crippen LogP contribution in [0.5, 0.6) is 0 Å².